The molecule has 3 heteroatoms. The van der Waals surface area contributed by atoms with E-state index in [0.717, 1.165) is 24.2 Å². The Labute approximate surface area is 166 Å². The van der Waals surface area contributed by atoms with Gasteiger partial charge < -0.3 is 9.64 Å². The number of benzene rings is 3. The topological polar surface area (TPSA) is 12.5 Å². The summed E-state index contributed by atoms with van der Waals surface area (Å²) < 4.78 is 18.9. The van der Waals surface area contributed by atoms with E-state index >= 15 is 0 Å². The Morgan fingerprint density at radius 2 is 1.79 bits per heavy atom. The van der Waals surface area contributed by atoms with Gasteiger partial charge in [0.25, 0.3) is 0 Å². The highest BCUT2D eigenvalue weighted by Crippen LogP contribution is 2.48. The van der Waals surface area contributed by atoms with Crippen molar-refractivity contribution in [2.45, 2.75) is 31.2 Å². The zero-order valence-electron chi connectivity index (χ0n) is 16.7. The van der Waals surface area contributed by atoms with Crippen LogP contribution in [-0.4, -0.2) is 14.2 Å². The molecule has 144 valence electrons. The molecule has 3 aromatic rings. The molecule has 0 amide bonds. The van der Waals surface area contributed by atoms with E-state index in [2.05, 4.69) is 61.3 Å². The monoisotopic (exact) mass is 375 g/mol. The van der Waals surface area contributed by atoms with E-state index in [1.165, 1.54) is 16.8 Å². The fraction of sp³-hybridized carbons (Fsp3) is 0.280. The second kappa shape index (κ2) is 7.31. The van der Waals surface area contributed by atoms with Crippen LogP contribution in [0.15, 0.2) is 72.8 Å². The van der Waals surface area contributed by atoms with Crippen LogP contribution < -0.4 is 9.64 Å². The van der Waals surface area contributed by atoms with Crippen molar-refractivity contribution in [3.63, 3.8) is 0 Å². The molecule has 0 N–H and O–H groups in total. The van der Waals surface area contributed by atoms with E-state index in [9.17, 15) is 4.39 Å². The van der Waals surface area contributed by atoms with Crippen LogP contribution >= 0.6 is 0 Å². The first-order valence-corrected chi connectivity index (χ1v) is 9.71. The first kappa shape index (κ1) is 18.5. The Bertz CT molecular complexity index is 968. The van der Waals surface area contributed by atoms with Gasteiger partial charge in [-0.1, -0.05) is 49.4 Å². The average Bonchev–Trinajstić information content (AvgIpc) is 2.72. The minimum absolute atomic E-state index is 0.0332. The maximum Gasteiger partial charge on any atom is 0.123 e. The van der Waals surface area contributed by atoms with E-state index < -0.39 is 0 Å². The van der Waals surface area contributed by atoms with E-state index in [-0.39, 0.29) is 17.3 Å². The van der Waals surface area contributed by atoms with Crippen LogP contribution in [0.3, 0.4) is 0 Å². The van der Waals surface area contributed by atoms with Gasteiger partial charge in [0.05, 0.1) is 13.2 Å². The molecule has 3 aromatic carbocycles. The second-order valence-corrected chi connectivity index (χ2v) is 7.99. The van der Waals surface area contributed by atoms with Crippen molar-refractivity contribution in [1.29, 1.82) is 0 Å². The summed E-state index contributed by atoms with van der Waals surface area (Å²) in [4.78, 5) is 2.33. The zero-order valence-corrected chi connectivity index (χ0v) is 16.7. The number of para-hydroxylation sites is 1. The quantitative estimate of drug-likeness (QED) is 0.561. The average molecular weight is 375 g/mol. The van der Waals surface area contributed by atoms with Gasteiger partial charge in [0, 0.05) is 18.2 Å². The lowest BCUT2D eigenvalue weighted by Gasteiger charge is -2.46. The van der Waals surface area contributed by atoms with Gasteiger partial charge in [0.1, 0.15) is 11.6 Å². The third-order valence-corrected chi connectivity index (χ3v) is 6.03. The predicted molar refractivity (Wildman–Crippen MR) is 113 cm³/mol. The number of ether oxygens (including phenoxy) is 1. The summed E-state index contributed by atoms with van der Waals surface area (Å²) in [6, 6.07) is 24.1. The molecular formula is C25H26FNO. The Morgan fingerprint density at radius 1 is 1.04 bits per heavy atom. The molecule has 0 spiro atoms. The summed E-state index contributed by atoms with van der Waals surface area (Å²) >= 11 is 0. The molecule has 4 rings (SSSR count). The van der Waals surface area contributed by atoms with Gasteiger partial charge in [0.2, 0.25) is 0 Å². The van der Waals surface area contributed by atoms with E-state index in [1.807, 2.05) is 18.2 Å². The number of anilines is 1. The van der Waals surface area contributed by atoms with Crippen LogP contribution in [0.25, 0.3) is 0 Å². The smallest absolute Gasteiger partial charge is 0.123 e. The molecule has 0 saturated heterocycles. The molecule has 0 bridgehead atoms. The maximum absolute atomic E-state index is 13.5. The van der Waals surface area contributed by atoms with Crippen molar-refractivity contribution >= 4 is 5.69 Å². The molecule has 2 atom stereocenters. The van der Waals surface area contributed by atoms with Crippen molar-refractivity contribution in [1.82, 2.24) is 0 Å². The fourth-order valence-electron chi connectivity index (χ4n) is 4.56. The van der Waals surface area contributed by atoms with Crippen molar-refractivity contribution in [2.24, 2.45) is 0 Å². The SMILES string of the molecule is COc1cccc(C[C@]2(C)C[C@@H](c3ccc(F)cc3)N(C)c3ccccc32)c1. The number of nitrogens with zero attached hydrogens (tertiary/aromatic N) is 1. The molecule has 1 heterocycles. The van der Waals surface area contributed by atoms with Gasteiger partial charge in [-0.3, -0.25) is 0 Å². The first-order chi connectivity index (χ1) is 13.5. The largest absolute Gasteiger partial charge is 0.497 e. The molecule has 0 saturated carbocycles. The molecule has 0 aromatic heterocycles. The van der Waals surface area contributed by atoms with Gasteiger partial charge in [-0.15, -0.1) is 0 Å². The second-order valence-electron chi connectivity index (χ2n) is 7.99. The van der Waals surface area contributed by atoms with Crippen LogP contribution in [0.2, 0.25) is 0 Å². The summed E-state index contributed by atoms with van der Waals surface area (Å²) in [5.74, 6) is 0.694. The van der Waals surface area contributed by atoms with Gasteiger partial charge in [-0.05, 0) is 59.9 Å². The molecule has 1 aliphatic rings. The van der Waals surface area contributed by atoms with Gasteiger partial charge in [0.15, 0.2) is 0 Å². The number of methoxy groups -OCH3 is 1. The van der Waals surface area contributed by atoms with Crippen molar-refractivity contribution in [3.8, 4) is 5.75 Å². The Hall–Kier alpha value is -2.81. The van der Waals surface area contributed by atoms with Crippen molar-refractivity contribution in [2.75, 3.05) is 19.1 Å². The normalized spacial score (nSPS) is 21.3. The highest BCUT2D eigenvalue weighted by Gasteiger charge is 2.39. The molecule has 0 radical (unpaired) electrons. The minimum atomic E-state index is -0.193. The van der Waals surface area contributed by atoms with Gasteiger partial charge in [-0.25, -0.2) is 4.39 Å². The third-order valence-electron chi connectivity index (χ3n) is 6.03. The lowest BCUT2D eigenvalue weighted by Crippen LogP contribution is -2.40. The Morgan fingerprint density at radius 3 is 2.54 bits per heavy atom. The molecular weight excluding hydrogens is 349 g/mol. The molecule has 0 unspecified atom stereocenters. The molecule has 0 aliphatic carbocycles. The van der Waals surface area contributed by atoms with Crippen LogP contribution in [0.4, 0.5) is 10.1 Å². The fourth-order valence-corrected chi connectivity index (χ4v) is 4.56. The Kier molecular flexibility index (Phi) is 4.84. The van der Waals surface area contributed by atoms with Crippen LogP contribution in [0.5, 0.6) is 5.75 Å². The molecule has 0 fully saturated rings. The van der Waals surface area contributed by atoms with Crippen molar-refractivity contribution < 1.29 is 9.13 Å². The number of rotatable bonds is 4. The Balaban J connectivity index is 1.76. The van der Waals surface area contributed by atoms with Crippen molar-refractivity contribution in [3.05, 3.63) is 95.3 Å². The number of hydrogen-bond donors (Lipinski definition) is 0. The highest BCUT2D eigenvalue weighted by molar-refractivity contribution is 5.61. The summed E-state index contributed by atoms with van der Waals surface area (Å²) in [6.07, 6.45) is 1.89. The summed E-state index contributed by atoms with van der Waals surface area (Å²) in [5.41, 5.74) is 4.98. The molecule has 1 aliphatic heterocycles. The first-order valence-electron chi connectivity index (χ1n) is 9.71. The number of hydrogen-bond acceptors (Lipinski definition) is 2. The summed E-state index contributed by atoms with van der Waals surface area (Å²) in [7, 11) is 3.84. The van der Waals surface area contributed by atoms with Crippen LogP contribution in [-0.2, 0) is 11.8 Å². The highest BCUT2D eigenvalue weighted by atomic mass is 19.1. The molecule has 28 heavy (non-hydrogen) atoms. The van der Waals surface area contributed by atoms with E-state index in [0.29, 0.717) is 0 Å². The predicted octanol–water partition coefficient (Wildman–Crippen LogP) is 5.92. The maximum atomic E-state index is 13.5. The van der Waals surface area contributed by atoms with E-state index in [4.69, 9.17) is 4.74 Å². The van der Waals surface area contributed by atoms with Crippen LogP contribution in [0.1, 0.15) is 36.1 Å². The van der Waals surface area contributed by atoms with E-state index in [1.54, 1.807) is 19.2 Å². The summed E-state index contributed by atoms with van der Waals surface area (Å²) in [5, 5.41) is 0. The summed E-state index contributed by atoms with van der Waals surface area (Å²) in [6.45, 7) is 2.34. The third kappa shape index (κ3) is 3.37. The van der Waals surface area contributed by atoms with Gasteiger partial charge >= 0.3 is 0 Å². The molecule has 2 nitrogen and oxygen atoms in total. The lowest BCUT2D eigenvalue weighted by molar-refractivity contribution is 0.362. The zero-order chi connectivity index (χ0) is 19.7. The minimum Gasteiger partial charge on any atom is -0.497 e. The number of halogens is 1. The lowest BCUT2D eigenvalue weighted by atomic mass is 9.68. The number of fused-ring (bicyclic) bond motifs is 1. The van der Waals surface area contributed by atoms with Crippen LogP contribution in [0, 0.1) is 5.82 Å². The van der Waals surface area contributed by atoms with Gasteiger partial charge in [-0.2, -0.15) is 0 Å². The standard InChI is InChI=1S/C25H26FNO/c1-25(16-18-7-6-8-21(15-18)28-3)17-24(19-11-13-20(26)14-12-19)27(2)23-10-5-4-9-22(23)25/h4-15,24H,16-17H2,1-3H3/t24-,25+/m0/s1.